The van der Waals surface area contributed by atoms with E-state index in [0.29, 0.717) is 30.3 Å². The second kappa shape index (κ2) is 11.6. The number of hydrogen-bond acceptors (Lipinski definition) is 5. The maximum absolute atomic E-state index is 12.3. The molecule has 0 fully saturated rings. The number of amides is 2. The monoisotopic (exact) mass is 448 g/mol. The fourth-order valence-electron chi connectivity index (χ4n) is 2.88. The average Bonchev–Trinajstić information content (AvgIpc) is 2.83. The van der Waals surface area contributed by atoms with Crippen LogP contribution < -0.4 is 25.1 Å². The van der Waals surface area contributed by atoms with E-state index in [2.05, 4.69) is 10.9 Å². The Hall–Kier alpha value is -4.00. The van der Waals surface area contributed by atoms with Gasteiger partial charge in [0.1, 0.15) is 30.5 Å². The first-order valence-electron chi connectivity index (χ1n) is 10.7. The number of carbonyl (C=O) groups excluding carboxylic acids is 2. The third-order valence-electron chi connectivity index (χ3n) is 4.94. The Bertz CT molecular complexity index is 1070. The van der Waals surface area contributed by atoms with E-state index in [-0.39, 0.29) is 0 Å². The van der Waals surface area contributed by atoms with Gasteiger partial charge < -0.3 is 14.2 Å². The van der Waals surface area contributed by atoms with Crippen molar-refractivity contribution in [2.24, 2.45) is 0 Å². The van der Waals surface area contributed by atoms with Crippen molar-refractivity contribution in [1.29, 1.82) is 0 Å². The SMILES string of the molecule is Cc1ccc(OC(C)C(=O)NNC(=O)c2ccc(OCCOc3ccccc3)cc2)cc1C. The van der Waals surface area contributed by atoms with Gasteiger partial charge in [-0.15, -0.1) is 0 Å². The van der Waals surface area contributed by atoms with E-state index in [1.54, 1.807) is 31.2 Å². The standard InChI is InChI=1S/C26H28N2O5/c1-18-9-12-24(17-19(18)2)33-20(3)25(29)27-28-26(30)21-10-13-23(14-11-21)32-16-15-31-22-7-5-4-6-8-22/h4-14,17,20H,15-16H2,1-3H3,(H,27,29)(H,28,30). The molecule has 0 heterocycles. The molecule has 0 aliphatic heterocycles. The van der Waals surface area contributed by atoms with Crippen molar-refractivity contribution in [2.75, 3.05) is 13.2 Å². The molecule has 3 aromatic rings. The van der Waals surface area contributed by atoms with Gasteiger partial charge in [-0.1, -0.05) is 24.3 Å². The average molecular weight is 449 g/mol. The van der Waals surface area contributed by atoms with Crippen molar-refractivity contribution in [3.8, 4) is 17.2 Å². The number of hydrogen-bond donors (Lipinski definition) is 2. The van der Waals surface area contributed by atoms with Crippen LogP contribution in [0.15, 0.2) is 72.8 Å². The highest BCUT2D eigenvalue weighted by Crippen LogP contribution is 2.18. The van der Waals surface area contributed by atoms with Gasteiger partial charge in [-0.25, -0.2) is 0 Å². The van der Waals surface area contributed by atoms with Crippen LogP contribution in [0, 0.1) is 13.8 Å². The van der Waals surface area contributed by atoms with Gasteiger partial charge >= 0.3 is 0 Å². The van der Waals surface area contributed by atoms with E-state index in [9.17, 15) is 9.59 Å². The number of ether oxygens (including phenoxy) is 3. The molecule has 7 nitrogen and oxygen atoms in total. The number of carbonyl (C=O) groups is 2. The first kappa shape index (κ1) is 23.7. The summed E-state index contributed by atoms with van der Waals surface area (Å²) in [6.45, 7) is 6.37. The second-order valence-corrected chi connectivity index (χ2v) is 7.48. The molecule has 0 radical (unpaired) electrons. The van der Waals surface area contributed by atoms with E-state index in [0.717, 1.165) is 16.9 Å². The summed E-state index contributed by atoms with van der Waals surface area (Å²) in [5.74, 6) is 1.09. The predicted octanol–water partition coefficient (Wildman–Crippen LogP) is 3.99. The summed E-state index contributed by atoms with van der Waals surface area (Å²) in [6.07, 6.45) is -0.777. The molecule has 2 N–H and O–H groups in total. The van der Waals surface area contributed by atoms with Crippen LogP contribution in [0.5, 0.6) is 17.2 Å². The minimum absolute atomic E-state index is 0.370. The maximum atomic E-state index is 12.3. The molecule has 0 bridgehead atoms. The molecular weight excluding hydrogens is 420 g/mol. The lowest BCUT2D eigenvalue weighted by molar-refractivity contribution is -0.128. The number of rotatable bonds is 9. The Morgan fingerprint density at radius 1 is 0.758 bits per heavy atom. The minimum atomic E-state index is -0.777. The number of benzene rings is 3. The molecule has 3 aromatic carbocycles. The van der Waals surface area contributed by atoms with Crippen molar-refractivity contribution in [1.82, 2.24) is 10.9 Å². The molecule has 172 valence electrons. The number of nitrogens with one attached hydrogen (secondary N) is 2. The fraction of sp³-hybridized carbons (Fsp3) is 0.231. The quantitative estimate of drug-likeness (QED) is 0.382. The van der Waals surface area contributed by atoms with Gasteiger partial charge in [0.2, 0.25) is 0 Å². The van der Waals surface area contributed by atoms with Gasteiger partial charge in [0.15, 0.2) is 6.10 Å². The molecule has 0 saturated carbocycles. The molecule has 1 atom stereocenters. The fourth-order valence-corrected chi connectivity index (χ4v) is 2.88. The van der Waals surface area contributed by atoms with Crippen LogP contribution in [0.1, 0.15) is 28.4 Å². The minimum Gasteiger partial charge on any atom is -0.490 e. The van der Waals surface area contributed by atoms with E-state index in [1.165, 1.54) is 0 Å². The van der Waals surface area contributed by atoms with Crippen LogP contribution in [0.3, 0.4) is 0 Å². The van der Waals surface area contributed by atoms with Crippen LogP contribution in [0.4, 0.5) is 0 Å². The normalized spacial score (nSPS) is 11.2. The Kier molecular flexibility index (Phi) is 8.30. The summed E-state index contributed by atoms with van der Waals surface area (Å²) in [5, 5.41) is 0. The molecule has 33 heavy (non-hydrogen) atoms. The molecule has 0 spiro atoms. The van der Waals surface area contributed by atoms with Gasteiger partial charge in [-0.3, -0.25) is 20.4 Å². The Labute approximate surface area is 193 Å². The Balaban J connectivity index is 1.40. The van der Waals surface area contributed by atoms with Crippen LogP contribution in [0.25, 0.3) is 0 Å². The zero-order valence-electron chi connectivity index (χ0n) is 19.0. The number of hydrazine groups is 1. The number of aryl methyl sites for hydroxylation is 2. The third kappa shape index (κ3) is 7.28. The molecule has 0 aliphatic rings. The van der Waals surface area contributed by atoms with E-state index in [1.807, 2.05) is 62.4 Å². The summed E-state index contributed by atoms with van der Waals surface area (Å²) < 4.78 is 16.8. The van der Waals surface area contributed by atoms with Crippen molar-refractivity contribution >= 4 is 11.8 Å². The lowest BCUT2D eigenvalue weighted by atomic mass is 10.1. The smallest absolute Gasteiger partial charge is 0.279 e. The highest BCUT2D eigenvalue weighted by Gasteiger charge is 2.16. The highest BCUT2D eigenvalue weighted by molar-refractivity contribution is 5.95. The van der Waals surface area contributed by atoms with Crippen molar-refractivity contribution in [2.45, 2.75) is 26.9 Å². The second-order valence-electron chi connectivity index (χ2n) is 7.48. The molecule has 7 heteroatoms. The molecule has 0 aliphatic carbocycles. The molecule has 0 aromatic heterocycles. The molecule has 3 rings (SSSR count). The zero-order valence-corrected chi connectivity index (χ0v) is 19.0. The van der Waals surface area contributed by atoms with Crippen molar-refractivity contribution in [3.63, 3.8) is 0 Å². The van der Waals surface area contributed by atoms with Gasteiger partial charge in [0, 0.05) is 5.56 Å². The van der Waals surface area contributed by atoms with Crippen molar-refractivity contribution in [3.05, 3.63) is 89.5 Å². The first-order chi connectivity index (χ1) is 15.9. The largest absolute Gasteiger partial charge is 0.490 e. The summed E-state index contributed by atoms with van der Waals surface area (Å²) >= 11 is 0. The summed E-state index contributed by atoms with van der Waals surface area (Å²) in [7, 11) is 0. The zero-order chi connectivity index (χ0) is 23.6. The lowest BCUT2D eigenvalue weighted by Gasteiger charge is -2.16. The van der Waals surface area contributed by atoms with Crippen LogP contribution >= 0.6 is 0 Å². The first-order valence-corrected chi connectivity index (χ1v) is 10.7. The van der Waals surface area contributed by atoms with Gasteiger partial charge in [-0.2, -0.15) is 0 Å². The summed E-state index contributed by atoms with van der Waals surface area (Å²) in [4.78, 5) is 24.6. The van der Waals surface area contributed by atoms with E-state index < -0.39 is 17.9 Å². The topological polar surface area (TPSA) is 85.9 Å². The van der Waals surface area contributed by atoms with Crippen LogP contribution in [-0.2, 0) is 4.79 Å². The molecular formula is C26H28N2O5. The molecule has 2 amide bonds. The third-order valence-corrected chi connectivity index (χ3v) is 4.94. The summed E-state index contributed by atoms with van der Waals surface area (Å²) in [5.41, 5.74) is 7.38. The maximum Gasteiger partial charge on any atom is 0.279 e. The van der Waals surface area contributed by atoms with Crippen LogP contribution in [-0.4, -0.2) is 31.1 Å². The lowest BCUT2D eigenvalue weighted by Crippen LogP contribution is -2.47. The van der Waals surface area contributed by atoms with Gasteiger partial charge in [-0.05, 0) is 80.4 Å². The van der Waals surface area contributed by atoms with E-state index >= 15 is 0 Å². The molecule has 1 unspecified atom stereocenters. The molecule has 0 saturated heterocycles. The van der Waals surface area contributed by atoms with Crippen LogP contribution in [0.2, 0.25) is 0 Å². The van der Waals surface area contributed by atoms with E-state index in [4.69, 9.17) is 14.2 Å². The summed E-state index contributed by atoms with van der Waals surface area (Å²) in [6, 6.07) is 21.7. The Morgan fingerprint density at radius 2 is 1.36 bits per heavy atom. The van der Waals surface area contributed by atoms with Gasteiger partial charge in [0.25, 0.3) is 11.8 Å². The van der Waals surface area contributed by atoms with Gasteiger partial charge in [0.05, 0.1) is 0 Å². The Morgan fingerprint density at radius 3 is 2.00 bits per heavy atom. The predicted molar refractivity (Wildman–Crippen MR) is 125 cm³/mol. The highest BCUT2D eigenvalue weighted by atomic mass is 16.5. The number of para-hydroxylation sites is 1. The van der Waals surface area contributed by atoms with Crippen molar-refractivity contribution < 1.29 is 23.8 Å².